The normalized spacial score (nSPS) is 10.9. The Balaban J connectivity index is 3.64. The summed E-state index contributed by atoms with van der Waals surface area (Å²) in [6.07, 6.45) is -4.86. The van der Waals surface area contributed by atoms with Crippen molar-refractivity contribution in [3.8, 4) is 6.07 Å². The number of ether oxygens (including phenoxy) is 1. The molecule has 18 heavy (non-hydrogen) atoms. The zero-order chi connectivity index (χ0) is 13.9. The first kappa shape index (κ1) is 14.0. The maximum atomic E-state index is 12.8. The lowest BCUT2D eigenvalue weighted by molar-refractivity contribution is -0.138. The first-order valence-electron chi connectivity index (χ1n) is 4.68. The monoisotopic (exact) mass is 259 g/mol. The number of esters is 1. The number of nitrogens with zero attached hydrogens (tertiary/aromatic N) is 1. The highest BCUT2D eigenvalue weighted by atomic mass is 19.4. The molecule has 0 unspecified atom stereocenters. The molecular weight excluding hydrogens is 251 g/mol. The minimum Gasteiger partial charge on any atom is -0.465 e. The summed E-state index contributed by atoms with van der Waals surface area (Å²) in [7, 11) is 0.931. The van der Waals surface area contributed by atoms with Crippen LogP contribution in [0.5, 0.6) is 0 Å². The Labute approximate surface area is 100 Å². The fourth-order valence-electron chi connectivity index (χ4n) is 1.46. The number of methoxy groups -OCH3 is 1. The van der Waals surface area contributed by atoms with Gasteiger partial charge in [-0.1, -0.05) is 0 Å². The number of halogens is 3. The van der Waals surface area contributed by atoms with Crippen molar-refractivity contribution in [1.82, 2.24) is 0 Å². The number of alkyl halides is 3. The van der Waals surface area contributed by atoms with Crippen LogP contribution >= 0.6 is 0 Å². The van der Waals surface area contributed by atoms with Crippen LogP contribution in [0.15, 0.2) is 12.1 Å². The molecule has 7 heteroatoms. The van der Waals surface area contributed by atoms with Gasteiger partial charge in [-0.3, -0.25) is 0 Å². The van der Waals surface area contributed by atoms with Crippen LogP contribution in [-0.4, -0.2) is 18.2 Å². The lowest BCUT2D eigenvalue weighted by Gasteiger charge is -2.14. The van der Waals surface area contributed by atoms with Gasteiger partial charge in [0.2, 0.25) is 0 Å². The van der Waals surface area contributed by atoms with Crippen LogP contribution in [0, 0.1) is 11.3 Å². The van der Waals surface area contributed by atoms with Crippen molar-refractivity contribution in [1.29, 1.82) is 5.26 Å². The summed E-state index contributed by atoms with van der Waals surface area (Å²) in [5.41, 5.74) is -2.84. The Bertz CT molecular complexity index is 517. The van der Waals surface area contributed by atoms with E-state index in [1.54, 1.807) is 0 Å². The Morgan fingerprint density at radius 2 is 2.11 bits per heavy atom. The molecule has 0 aromatic heterocycles. The van der Waals surface area contributed by atoms with E-state index in [-0.39, 0.29) is 5.56 Å². The summed E-state index contributed by atoms with van der Waals surface area (Å²) >= 11 is 0. The molecule has 0 aliphatic rings. The second-order valence-electron chi connectivity index (χ2n) is 3.33. The quantitative estimate of drug-likeness (QED) is 0.823. The van der Waals surface area contributed by atoms with E-state index in [1.807, 2.05) is 0 Å². The summed E-state index contributed by atoms with van der Waals surface area (Å²) in [4.78, 5) is 11.3. The third-order valence-electron chi connectivity index (χ3n) is 2.19. The molecule has 0 heterocycles. The summed E-state index contributed by atoms with van der Waals surface area (Å²) in [6.45, 7) is -0.586. The second-order valence-corrected chi connectivity index (χ2v) is 3.33. The van der Waals surface area contributed by atoms with Crippen LogP contribution in [0.3, 0.4) is 0 Å². The Morgan fingerprint density at radius 1 is 1.50 bits per heavy atom. The molecule has 1 rings (SSSR count). The second kappa shape index (κ2) is 5.06. The molecular formula is C11H8F3NO3. The number of benzene rings is 1. The SMILES string of the molecule is COC(=O)c1cc(CO)cc(C#N)c1C(F)(F)F. The lowest BCUT2D eigenvalue weighted by atomic mass is 9.98. The fourth-order valence-corrected chi connectivity index (χ4v) is 1.46. The summed E-state index contributed by atoms with van der Waals surface area (Å²) in [6, 6.07) is 3.10. The van der Waals surface area contributed by atoms with Crippen LogP contribution < -0.4 is 0 Å². The topological polar surface area (TPSA) is 70.3 Å². The molecule has 0 radical (unpaired) electrons. The highest BCUT2D eigenvalue weighted by molar-refractivity contribution is 5.92. The van der Waals surface area contributed by atoms with Gasteiger partial charge < -0.3 is 9.84 Å². The van der Waals surface area contributed by atoms with Gasteiger partial charge in [0.1, 0.15) is 0 Å². The largest absolute Gasteiger partial charge is 0.465 e. The number of rotatable bonds is 2. The van der Waals surface area contributed by atoms with Gasteiger partial charge in [-0.15, -0.1) is 0 Å². The van der Waals surface area contributed by atoms with E-state index >= 15 is 0 Å². The van der Waals surface area contributed by atoms with E-state index in [0.717, 1.165) is 19.2 Å². The van der Waals surface area contributed by atoms with Crippen LogP contribution in [0.25, 0.3) is 0 Å². The van der Waals surface area contributed by atoms with E-state index in [9.17, 15) is 18.0 Å². The molecule has 0 bridgehead atoms. The number of hydrogen-bond donors (Lipinski definition) is 1. The number of nitriles is 1. The number of aliphatic hydroxyl groups is 1. The van der Waals surface area contributed by atoms with Gasteiger partial charge in [0.05, 0.1) is 36.5 Å². The first-order valence-corrected chi connectivity index (χ1v) is 4.68. The number of carbonyl (C=O) groups is 1. The van der Waals surface area contributed by atoms with Crippen molar-refractivity contribution in [2.45, 2.75) is 12.8 Å². The van der Waals surface area contributed by atoms with E-state index in [1.165, 1.54) is 6.07 Å². The molecule has 1 aromatic rings. The average Bonchev–Trinajstić information content (AvgIpc) is 2.34. The Kier molecular flexibility index (Phi) is 3.93. The van der Waals surface area contributed by atoms with Crippen LogP contribution in [0.2, 0.25) is 0 Å². The van der Waals surface area contributed by atoms with Gasteiger partial charge in [-0.2, -0.15) is 18.4 Å². The van der Waals surface area contributed by atoms with Gasteiger partial charge in [-0.05, 0) is 17.7 Å². The minimum atomic E-state index is -4.86. The zero-order valence-electron chi connectivity index (χ0n) is 9.21. The fraction of sp³-hybridized carbons (Fsp3) is 0.273. The Hall–Kier alpha value is -2.07. The van der Waals surface area contributed by atoms with E-state index < -0.39 is 35.4 Å². The van der Waals surface area contributed by atoms with Crippen LogP contribution in [0.1, 0.15) is 27.0 Å². The van der Waals surface area contributed by atoms with Crippen LogP contribution in [-0.2, 0) is 17.5 Å². The molecule has 0 saturated carbocycles. The van der Waals surface area contributed by atoms with Crippen molar-refractivity contribution < 1.29 is 27.8 Å². The van der Waals surface area contributed by atoms with Gasteiger partial charge in [0.15, 0.2) is 0 Å². The molecule has 0 saturated heterocycles. The lowest BCUT2D eigenvalue weighted by Crippen LogP contribution is -2.17. The average molecular weight is 259 g/mol. The van der Waals surface area contributed by atoms with E-state index in [4.69, 9.17) is 10.4 Å². The van der Waals surface area contributed by atoms with Crippen molar-refractivity contribution in [2.75, 3.05) is 7.11 Å². The maximum absolute atomic E-state index is 12.8. The minimum absolute atomic E-state index is 0.0277. The molecule has 96 valence electrons. The molecule has 0 aliphatic carbocycles. The standard InChI is InChI=1S/C11H8F3NO3/c1-18-10(17)8-3-6(5-16)2-7(4-15)9(8)11(12,13)14/h2-3,16H,5H2,1H3. The summed E-state index contributed by atoms with van der Waals surface area (Å²) in [5.74, 6) is -1.21. The highest BCUT2D eigenvalue weighted by Gasteiger charge is 2.38. The predicted octanol–water partition coefficient (Wildman–Crippen LogP) is 1.86. The first-order chi connectivity index (χ1) is 8.35. The van der Waals surface area contributed by atoms with Gasteiger partial charge in [-0.25, -0.2) is 4.79 Å². The summed E-state index contributed by atoms with van der Waals surface area (Å²) < 4.78 is 42.7. The third-order valence-corrected chi connectivity index (χ3v) is 2.19. The van der Waals surface area contributed by atoms with Crippen LogP contribution in [0.4, 0.5) is 13.2 Å². The Morgan fingerprint density at radius 3 is 2.50 bits per heavy atom. The van der Waals surface area contributed by atoms with Crippen molar-refractivity contribution in [3.05, 3.63) is 34.4 Å². The van der Waals surface area contributed by atoms with Gasteiger partial charge in [0.25, 0.3) is 0 Å². The molecule has 1 aromatic carbocycles. The summed E-state index contributed by atoms with van der Waals surface area (Å²) in [5, 5.41) is 17.6. The number of aliphatic hydroxyl groups excluding tert-OH is 1. The molecule has 0 atom stereocenters. The van der Waals surface area contributed by atoms with Gasteiger partial charge in [0, 0.05) is 0 Å². The zero-order valence-corrected chi connectivity index (χ0v) is 9.21. The van der Waals surface area contributed by atoms with Crippen molar-refractivity contribution in [3.63, 3.8) is 0 Å². The van der Waals surface area contributed by atoms with E-state index in [0.29, 0.717) is 0 Å². The molecule has 0 aliphatic heterocycles. The third kappa shape index (κ3) is 2.60. The maximum Gasteiger partial charge on any atom is 0.418 e. The number of carbonyl (C=O) groups excluding carboxylic acids is 1. The van der Waals surface area contributed by atoms with E-state index in [2.05, 4.69) is 4.74 Å². The smallest absolute Gasteiger partial charge is 0.418 e. The molecule has 0 fully saturated rings. The van der Waals surface area contributed by atoms with Crippen molar-refractivity contribution >= 4 is 5.97 Å². The molecule has 1 N–H and O–H groups in total. The molecule has 0 spiro atoms. The van der Waals surface area contributed by atoms with Crippen molar-refractivity contribution in [2.24, 2.45) is 0 Å². The van der Waals surface area contributed by atoms with Gasteiger partial charge >= 0.3 is 12.1 Å². The highest BCUT2D eigenvalue weighted by Crippen LogP contribution is 2.35. The molecule has 4 nitrogen and oxygen atoms in total. The predicted molar refractivity (Wildman–Crippen MR) is 53.4 cm³/mol. The molecule has 0 amide bonds. The number of hydrogen-bond acceptors (Lipinski definition) is 4.